The van der Waals surface area contributed by atoms with Crippen LogP contribution in [0.5, 0.6) is 5.75 Å². The van der Waals surface area contributed by atoms with E-state index >= 15 is 0 Å². The first-order chi connectivity index (χ1) is 8.46. The Balaban J connectivity index is 1.90. The molecule has 0 aliphatic carbocycles. The summed E-state index contributed by atoms with van der Waals surface area (Å²) in [6, 6.07) is 7.61. The van der Waals surface area contributed by atoms with Gasteiger partial charge in [0.05, 0.1) is 19.3 Å². The lowest BCUT2D eigenvalue weighted by Crippen LogP contribution is -2.49. The Morgan fingerprint density at radius 3 is 2.61 bits per heavy atom. The minimum absolute atomic E-state index is 0.149. The smallest absolute Gasteiger partial charge is 0.162 e. The fourth-order valence-corrected chi connectivity index (χ4v) is 2.03. The highest BCUT2D eigenvalue weighted by Crippen LogP contribution is 2.21. The van der Waals surface area contributed by atoms with Crippen molar-refractivity contribution >= 4 is 0 Å². The third-order valence-corrected chi connectivity index (χ3v) is 3.12. The quantitative estimate of drug-likeness (QED) is 0.864. The van der Waals surface area contributed by atoms with E-state index in [1.54, 1.807) is 12.1 Å². The van der Waals surface area contributed by atoms with Gasteiger partial charge in [0.1, 0.15) is 5.75 Å². The normalized spacial score (nSPS) is 21.7. The molecule has 2 N–H and O–H groups in total. The molecule has 1 aliphatic rings. The summed E-state index contributed by atoms with van der Waals surface area (Å²) >= 11 is 0. The predicted octanol–water partition coefficient (Wildman–Crippen LogP) is 2.19. The second kappa shape index (κ2) is 5.26. The molecule has 0 bridgehead atoms. The minimum atomic E-state index is -0.480. The van der Waals surface area contributed by atoms with Gasteiger partial charge < -0.3 is 19.9 Å². The van der Waals surface area contributed by atoms with Crippen LogP contribution in [0.25, 0.3) is 0 Å². The van der Waals surface area contributed by atoms with Crippen molar-refractivity contribution in [1.82, 2.24) is 5.32 Å². The number of ether oxygens (including phenoxy) is 2. The molecule has 18 heavy (non-hydrogen) atoms. The number of benzene rings is 1. The van der Waals surface area contributed by atoms with Crippen molar-refractivity contribution in [2.24, 2.45) is 0 Å². The number of phenols is 1. The molecular formula is C14H21NO3. The van der Waals surface area contributed by atoms with Crippen LogP contribution >= 0.6 is 0 Å². The molecule has 1 atom stereocenters. The van der Waals surface area contributed by atoms with Crippen LogP contribution in [0, 0.1) is 0 Å². The van der Waals surface area contributed by atoms with Gasteiger partial charge in [-0.3, -0.25) is 0 Å². The lowest BCUT2D eigenvalue weighted by molar-refractivity contribution is -0.253. The fourth-order valence-electron chi connectivity index (χ4n) is 2.03. The van der Waals surface area contributed by atoms with Crippen LogP contribution in [0.4, 0.5) is 0 Å². The maximum absolute atomic E-state index is 9.46. The lowest BCUT2D eigenvalue weighted by atomic mass is 10.1. The second-order valence-corrected chi connectivity index (χ2v) is 5.20. The van der Waals surface area contributed by atoms with Gasteiger partial charge in [0.2, 0.25) is 0 Å². The molecule has 0 spiro atoms. The molecule has 100 valence electrons. The molecule has 4 heteroatoms. The molecule has 4 nitrogen and oxygen atoms in total. The third-order valence-electron chi connectivity index (χ3n) is 3.12. The number of rotatable bonds is 3. The van der Waals surface area contributed by atoms with Gasteiger partial charge >= 0.3 is 0 Å². The largest absolute Gasteiger partial charge is 0.508 e. The summed E-state index contributed by atoms with van der Waals surface area (Å²) in [5.74, 6) is -0.190. The Morgan fingerprint density at radius 2 is 2.00 bits per heavy atom. The van der Waals surface area contributed by atoms with Crippen molar-refractivity contribution in [1.29, 1.82) is 0 Å². The van der Waals surface area contributed by atoms with Crippen LogP contribution in [-0.4, -0.2) is 30.1 Å². The Labute approximate surface area is 108 Å². The maximum Gasteiger partial charge on any atom is 0.162 e. The van der Waals surface area contributed by atoms with Gasteiger partial charge in [0, 0.05) is 6.04 Å². The predicted molar refractivity (Wildman–Crippen MR) is 69.4 cm³/mol. The molecule has 1 aromatic carbocycles. The molecule has 1 unspecified atom stereocenters. The van der Waals surface area contributed by atoms with E-state index in [-0.39, 0.29) is 12.1 Å². The Kier molecular flexibility index (Phi) is 3.90. The summed E-state index contributed by atoms with van der Waals surface area (Å²) in [4.78, 5) is 0. The Bertz CT molecular complexity index is 396. The molecule has 0 saturated carbocycles. The van der Waals surface area contributed by atoms with Crippen LogP contribution in [-0.2, 0) is 9.47 Å². The summed E-state index contributed by atoms with van der Waals surface area (Å²) in [5.41, 5.74) is 1.06. The second-order valence-electron chi connectivity index (χ2n) is 5.20. The zero-order chi connectivity index (χ0) is 13.2. The van der Waals surface area contributed by atoms with Gasteiger partial charge in [-0.2, -0.15) is 0 Å². The zero-order valence-electron chi connectivity index (χ0n) is 11.1. The topological polar surface area (TPSA) is 50.7 Å². The summed E-state index contributed by atoms with van der Waals surface area (Å²) in [5, 5.41) is 12.9. The van der Waals surface area contributed by atoms with Gasteiger partial charge in [-0.05, 0) is 38.5 Å². The van der Waals surface area contributed by atoms with E-state index < -0.39 is 5.79 Å². The Morgan fingerprint density at radius 1 is 1.33 bits per heavy atom. The van der Waals surface area contributed by atoms with Crippen molar-refractivity contribution in [2.45, 2.75) is 38.6 Å². The minimum Gasteiger partial charge on any atom is -0.508 e. The first kappa shape index (κ1) is 13.3. The molecule has 1 fully saturated rings. The van der Waals surface area contributed by atoms with Gasteiger partial charge in [-0.15, -0.1) is 0 Å². The van der Waals surface area contributed by atoms with Crippen molar-refractivity contribution in [3.63, 3.8) is 0 Å². The first-order valence-electron chi connectivity index (χ1n) is 6.29. The zero-order valence-corrected chi connectivity index (χ0v) is 11.1. The first-order valence-corrected chi connectivity index (χ1v) is 6.29. The van der Waals surface area contributed by atoms with Crippen LogP contribution in [0.1, 0.15) is 32.4 Å². The molecule has 1 aliphatic heterocycles. The van der Waals surface area contributed by atoms with E-state index in [0.717, 1.165) is 5.56 Å². The van der Waals surface area contributed by atoms with Crippen molar-refractivity contribution in [3.8, 4) is 5.75 Å². The summed E-state index contributed by atoms with van der Waals surface area (Å²) in [6.45, 7) is 7.17. The average molecular weight is 251 g/mol. The highest BCUT2D eigenvalue weighted by molar-refractivity contribution is 5.29. The van der Waals surface area contributed by atoms with E-state index in [1.807, 2.05) is 26.0 Å². The number of hydrogen-bond donors (Lipinski definition) is 2. The number of hydrogen-bond acceptors (Lipinski definition) is 4. The number of nitrogens with one attached hydrogen (secondary N) is 1. The van der Waals surface area contributed by atoms with Crippen molar-refractivity contribution in [3.05, 3.63) is 29.8 Å². The molecular weight excluding hydrogens is 230 g/mol. The fraction of sp³-hybridized carbons (Fsp3) is 0.571. The lowest BCUT2D eigenvalue weighted by Gasteiger charge is -2.36. The summed E-state index contributed by atoms with van der Waals surface area (Å²) in [7, 11) is 0. The highest BCUT2D eigenvalue weighted by atomic mass is 16.7. The van der Waals surface area contributed by atoms with Crippen LogP contribution in [0.3, 0.4) is 0 Å². The maximum atomic E-state index is 9.46. The molecule has 1 heterocycles. The standard InChI is InChI=1S/C14H21NO3/c1-10(11-5-4-6-13(16)7-11)15-12-8-17-14(2,3)18-9-12/h4-7,10,12,15-16H,8-9H2,1-3H3. The van der Waals surface area contributed by atoms with E-state index in [2.05, 4.69) is 12.2 Å². The van der Waals surface area contributed by atoms with Gasteiger partial charge in [0.25, 0.3) is 0 Å². The molecule has 2 rings (SSSR count). The Hall–Kier alpha value is -1.10. The van der Waals surface area contributed by atoms with E-state index in [9.17, 15) is 5.11 Å². The SMILES string of the molecule is CC(NC1COC(C)(C)OC1)c1cccc(O)c1. The monoisotopic (exact) mass is 251 g/mol. The van der Waals surface area contributed by atoms with Gasteiger partial charge in [0.15, 0.2) is 5.79 Å². The molecule has 0 amide bonds. The summed E-state index contributed by atoms with van der Waals surface area (Å²) in [6.07, 6.45) is 0. The van der Waals surface area contributed by atoms with E-state index in [1.165, 1.54) is 0 Å². The van der Waals surface area contributed by atoms with Crippen LogP contribution in [0.2, 0.25) is 0 Å². The molecule has 0 aromatic heterocycles. The highest BCUT2D eigenvalue weighted by Gasteiger charge is 2.28. The van der Waals surface area contributed by atoms with Crippen molar-refractivity contribution < 1.29 is 14.6 Å². The molecule has 1 saturated heterocycles. The molecule has 0 radical (unpaired) electrons. The number of phenolic OH excluding ortho intramolecular Hbond substituents is 1. The number of aromatic hydroxyl groups is 1. The van der Waals surface area contributed by atoms with E-state index in [0.29, 0.717) is 19.0 Å². The van der Waals surface area contributed by atoms with Gasteiger partial charge in [-0.1, -0.05) is 12.1 Å². The summed E-state index contributed by atoms with van der Waals surface area (Å²) < 4.78 is 11.2. The average Bonchev–Trinajstić information content (AvgIpc) is 2.32. The third kappa shape index (κ3) is 3.45. The van der Waals surface area contributed by atoms with Gasteiger partial charge in [-0.25, -0.2) is 0 Å². The van der Waals surface area contributed by atoms with Crippen molar-refractivity contribution in [2.75, 3.05) is 13.2 Å². The van der Waals surface area contributed by atoms with Crippen LogP contribution in [0.15, 0.2) is 24.3 Å². The molecule has 1 aromatic rings. The van der Waals surface area contributed by atoms with Crippen LogP contribution < -0.4 is 5.32 Å². The van der Waals surface area contributed by atoms with E-state index in [4.69, 9.17) is 9.47 Å².